The number of methoxy groups -OCH3 is 1. The summed E-state index contributed by atoms with van der Waals surface area (Å²) in [5.41, 5.74) is 0.444. The van der Waals surface area contributed by atoms with Crippen LogP contribution in [-0.4, -0.2) is 54.4 Å². The second-order valence-electron chi connectivity index (χ2n) is 7.97. The molecule has 0 saturated carbocycles. The summed E-state index contributed by atoms with van der Waals surface area (Å²) in [7, 11) is 1.54. The first-order chi connectivity index (χ1) is 16.0. The molecule has 0 spiro atoms. The maximum Gasteiger partial charge on any atom is 0.342 e. The highest BCUT2D eigenvalue weighted by Crippen LogP contribution is 2.32. The van der Waals surface area contributed by atoms with E-state index in [1.165, 1.54) is 30.3 Å². The average Bonchev–Trinajstić information content (AvgIpc) is 3.03. The van der Waals surface area contributed by atoms with E-state index < -0.39 is 18.1 Å². The molecule has 1 aliphatic heterocycles. The quantitative estimate of drug-likeness (QED) is 0.442. The Balaban J connectivity index is 1.54. The molecule has 0 unspecified atom stereocenters. The van der Waals surface area contributed by atoms with Crippen molar-refractivity contribution in [2.75, 3.05) is 20.2 Å². The van der Waals surface area contributed by atoms with Gasteiger partial charge in [-0.2, -0.15) is 0 Å². The number of aromatic hydroxyl groups is 2. The summed E-state index contributed by atoms with van der Waals surface area (Å²) in [5, 5.41) is 27.5. The molecule has 1 saturated heterocycles. The number of benzene rings is 3. The van der Waals surface area contributed by atoms with E-state index in [4.69, 9.17) is 9.47 Å². The molecule has 1 amide bonds. The predicted molar refractivity (Wildman–Crippen MR) is 123 cm³/mol. The first-order valence-electron chi connectivity index (χ1n) is 10.8. The molecule has 0 radical (unpaired) electrons. The molecule has 3 aromatic rings. The third kappa shape index (κ3) is 5.01. The van der Waals surface area contributed by atoms with Gasteiger partial charge in [-0.05, 0) is 67.2 Å². The second kappa shape index (κ2) is 9.79. The van der Waals surface area contributed by atoms with Crippen LogP contribution in [0.15, 0.2) is 54.6 Å². The van der Waals surface area contributed by atoms with E-state index in [1.807, 2.05) is 6.07 Å². The highest BCUT2D eigenvalue weighted by molar-refractivity contribution is 6.00. The largest absolute Gasteiger partial charge is 0.508 e. The molecular formula is C25H26N2O6. The van der Waals surface area contributed by atoms with E-state index >= 15 is 0 Å². The fraction of sp³-hybridized carbons (Fsp3) is 0.280. The Labute approximate surface area is 191 Å². The summed E-state index contributed by atoms with van der Waals surface area (Å²) in [6, 6.07) is 13.9. The zero-order chi connectivity index (χ0) is 23.4. The first-order valence-corrected chi connectivity index (χ1v) is 10.8. The molecule has 8 nitrogen and oxygen atoms in total. The van der Waals surface area contributed by atoms with Crippen LogP contribution >= 0.6 is 0 Å². The number of rotatable bonds is 5. The Morgan fingerprint density at radius 2 is 1.88 bits per heavy atom. The number of phenolic OH excluding ortho intramolecular Hbond substituents is 2. The minimum Gasteiger partial charge on any atom is -0.508 e. The molecular weight excluding hydrogens is 424 g/mol. The van der Waals surface area contributed by atoms with Crippen molar-refractivity contribution in [2.45, 2.75) is 25.0 Å². The lowest BCUT2D eigenvalue weighted by Crippen LogP contribution is -2.49. The first kappa shape index (κ1) is 22.4. The molecule has 33 heavy (non-hydrogen) atoms. The Morgan fingerprint density at radius 3 is 2.64 bits per heavy atom. The number of carbonyl (C=O) groups excluding carboxylic acids is 2. The van der Waals surface area contributed by atoms with E-state index in [9.17, 15) is 19.8 Å². The number of hydrogen-bond donors (Lipinski definition) is 4. The van der Waals surface area contributed by atoms with Gasteiger partial charge in [-0.15, -0.1) is 0 Å². The highest BCUT2D eigenvalue weighted by atomic mass is 16.5. The monoisotopic (exact) mass is 450 g/mol. The molecule has 1 heterocycles. The van der Waals surface area contributed by atoms with Gasteiger partial charge in [0.05, 0.1) is 13.2 Å². The number of hydrogen-bond acceptors (Lipinski definition) is 7. The molecule has 1 fully saturated rings. The van der Waals surface area contributed by atoms with Gasteiger partial charge < -0.3 is 30.3 Å². The Hall–Kier alpha value is -3.78. The number of esters is 1. The maximum atomic E-state index is 13.0. The molecule has 3 aromatic carbocycles. The normalized spacial score (nSPS) is 18.3. The van der Waals surface area contributed by atoms with Crippen LogP contribution in [0, 0.1) is 0 Å². The van der Waals surface area contributed by atoms with Crippen molar-refractivity contribution >= 4 is 22.6 Å². The summed E-state index contributed by atoms with van der Waals surface area (Å²) in [4.78, 5) is 25.7. The third-order valence-corrected chi connectivity index (χ3v) is 5.76. The molecule has 0 aliphatic carbocycles. The average molecular weight is 450 g/mol. The number of nitrogens with one attached hydrogen (secondary N) is 2. The number of phenols is 2. The number of amides is 1. The lowest BCUT2D eigenvalue weighted by atomic mass is 10.0. The number of carbonyl (C=O) groups is 2. The maximum absolute atomic E-state index is 13.0. The lowest BCUT2D eigenvalue weighted by Gasteiger charge is -2.26. The SMILES string of the molecule is COc1cccc2cc(C(=O)O[C@@H]3CCCNC[C@H]3NC(=O)c3ccc(O)cc3)c(O)cc12. The molecule has 172 valence electrons. The van der Waals surface area contributed by atoms with Crippen LogP contribution in [0.3, 0.4) is 0 Å². The summed E-state index contributed by atoms with van der Waals surface area (Å²) in [6.07, 6.45) is 0.750. The molecule has 8 heteroatoms. The van der Waals surface area contributed by atoms with Crippen molar-refractivity contribution in [1.82, 2.24) is 10.6 Å². The Kier molecular flexibility index (Phi) is 6.65. The molecule has 0 aromatic heterocycles. The predicted octanol–water partition coefficient (Wildman–Crippen LogP) is 2.97. The third-order valence-electron chi connectivity index (χ3n) is 5.76. The fourth-order valence-electron chi connectivity index (χ4n) is 4.00. The van der Waals surface area contributed by atoms with Crippen molar-refractivity contribution in [2.24, 2.45) is 0 Å². The topological polar surface area (TPSA) is 117 Å². The van der Waals surface area contributed by atoms with Gasteiger partial charge in [0, 0.05) is 17.5 Å². The summed E-state index contributed by atoms with van der Waals surface area (Å²) >= 11 is 0. The van der Waals surface area contributed by atoms with E-state index in [-0.39, 0.29) is 23.0 Å². The summed E-state index contributed by atoms with van der Waals surface area (Å²) < 4.78 is 11.1. The highest BCUT2D eigenvalue weighted by Gasteiger charge is 2.30. The van der Waals surface area contributed by atoms with Crippen molar-refractivity contribution in [3.05, 3.63) is 65.7 Å². The van der Waals surface area contributed by atoms with Crippen molar-refractivity contribution in [1.29, 1.82) is 0 Å². The van der Waals surface area contributed by atoms with Crippen LogP contribution in [0.4, 0.5) is 0 Å². The fourth-order valence-corrected chi connectivity index (χ4v) is 4.00. The summed E-state index contributed by atoms with van der Waals surface area (Å²) in [6.45, 7) is 1.17. The Morgan fingerprint density at radius 1 is 1.09 bits per heavy atom. The minimum absolute atomic E-state index is 0.0524. The zero-order valence-electron chi connectivity index (χ0n) is 18.2. The van der Waals surface area contributed by atoms with Gasteiger partial charge in [0.25, 0.3) is 5.91 Å². The molecule has 0 bridgehead atoms. The minimum atomic E-state index is -0.659. The number of ether oxygens (including phenoxy) is 2. The van der Waals surface area contributed by atoms with Crippen LogP contribution in [0.5, 0.6) is 17.2 Å². The smallest absolute Gasteiger partial charge is 0.342 e. The standard InChI is InChI=1S/C25H26N2O6/c1-32-22-5-2-4-16-12-19(21(29)13-18(16)22)25(31)33-23-6-3-11-26-14-20(23)27-24(30)15-7-9-17(28)10-8-15/h2,4-5,7-10,12-13,20,23,26,28-29H,3,6,11,14H2,1H3,(H,27,30)/t20-,23-/m1/s1. The van der Waals surface area contributed by atoms with Crippen LogP contribution in [-0.2, 0) is 4.74 Å². The summed E-state index contributed by atoms with van der Waals surface area (Å²) in [5.74, 6) is -0.524. The van der Waals surface area contributed by atoms with Gasteiger partial charge in [-0.25, -0.2) is 4.79 Å². The van der Waals surface area contributed by atoms with Gasteiger partial charge in [0.15, 0.2) is 0 Å². The number of fused-ring (bicyclic) bond motifs is 1. The van der Waals surface area contributed by atoms with Crippen molar-refractivity contribution in [3.8, 4) is 17.2 Å². The lowest BCUT2D eigenvalue weighted by molar-refractivity contribution is 0.0189. The van der Waals surface area contributed by atoms with Gasteiger partial charge >= 0.3 is 5.97 Å². The van der Waals surface area contributed by atoms with Crippen LogP contribution < -0.4 is 15.4 Å². The second-order valence-corrected chi connectivity index (χ2v) is 7.97. The van der Waals surface area contributed by atoms with Gasteiger partial charge in [0.2, 0.25) is 0 Å². The van der Waals surface area contributed by atoms with Gasteiger partial charge in [0.1, 0.15) is 28.9 Å². The molecule has 1 aliphatic rings. The Bertz CT molecular complexity index is 1160. The molecule has 4 N–H and O–H groups in total. The van der Waals surface area contributed by atoms with Crippen molar-refractivity contribution in [3.63, 3.8) is 0 Å². The van der Waals surface area contributed by atoms with Crippen LogP contribution in [0.2, 0.25) is 0 Å². The van der Waals surface area contributed by atoms with E-state index in [0.29, 0.717) is 29.7 Å². The van der Waals surface area contributed by atoms with Gasteiger partial charge in [-0.1, -0.05) is 12.1 Å². The molecule has 2 atom stereocenters. The van der Waals surface area contributed by atoms with Crippen LogP contribution in [0.25, 0.3) is 10.8 Å². The van der Waals surface area contributed by atoms with Crippen LogP contribution in [0.1, 0.15) is 33.6 Å². The zero-order valence-corrected chi connectivity index (χ0v) is 18.2. The van der Waals surface area contributed by atoms with Gasteiger partial charge in [-0.3, -0.25) is 4.79 Å². The van der Waals surface area contributed by atoms with Crippen molar-refractivity contribution < 1.29 is 29.3 Å². The van der Waals surface area contributed by atoms with E-state index in [1.54, 1.807) is 25.3 Å². The van der Waals surface area contributed by atoms with E-state index in [2.05, 4.69) is 10.6 Å². The van der Waals surface area contributed by atoms with E-state index in [0.717, 1.165) is 18.4 Å². The molecule has 4 rings (SSSR count).